The van der Waals surface area contributed by atoms with Crippen molar-refractivity contribution >= 4 is 29.9 Å². The summed E-state index contributed by atoms with van der Waals surface area (Å²) in [4.78, 5) is 12.2. The van der Waals surface area contributed by atoms with Gasteiger partial charge in [-0.2, -0.15) is 0 Å². The van der Waals surface area contributed by atoms with Crippen LogP contribution < -0.4 is 5.32 Å². The summed E-state index contributed by atoms with van der Waals surface area (Å²) in [6, 6.07) is 4.26. The zero-order chi connectivity index (χ0) is 18.9. The second-order valence-corrected chi connectivity index (χ2v) is 7.50. The monoisotopic (exact) mass is 490 g/mol. The molecule has 6 nitrogen and oxygen atoms in total. The van der Waals surface area contributed by atoms with E-state index in [9.17, 15) is 0 Å². The quantitative estimate of drug-likeness (QED) is 0.345. The Labute approximate surface area is 183 Å². The van der Waals surface area contributed by atoms with Crippen molar-refractivity contribution in [2.24, 2.45) is 18.0 Å². The Bertz CT molecular complexity index is 550. The number of nitrogens with one attached hydrogen (secondary N) is 1. The summed E-state index contributed by atoms with van der Waals surface area (Å²) >= 11 is 0. The minimum Gasteiger partial charge on any atom is -0.357 e. The molecule has 1 unspecified atom stereocenters. The molecular formula is C20H39IN6. The number of hydrogen-bond donors (Lipinski definition) is 1. The molecule has 0 bridgehead atoms. The smallest absolute Gasteiger partial charge is 0.194 e. The normalized spacial score (nSPS) is 17.4. The molecule has 0 saturated carbocycles. The maximum Gasteiger partial charge on any atom is 0.194 e. The molecule has 2 rings (SSSR count). The first-order valence-corrected chi connectivity index (χ1v) is 10.1. The van der Waals surface area contributed by atoms with E-state index in [-0.39, 0.29) is 24.0 Å². The second-order valence-electron chi connectivity index (χ2n) is 7.50. The lowest BCUT2D eigenvalue weighted by molar-refractivity contribution is 0.125. The van der Waals surface area contributed by atoms with E-state index in [0.717, 1.165) is 32.1 Å². The van der Waals surface area contributed by atoms with Crippen LogP contribution in [0, 0.1) is 5.92 Å². The summed E-state index contributed by atoms with van der Waals surface area (Å²) in [5.41, 5.74) is 1.29. The van der Waals surface area contributed by atoms with Crippen molar-refractivity contribution in [3.8, 4) is 0 Å². The van der Waals surface area contributed by atoms with Crippen LogP contribution in [0.4, 0.5) is 0 Å². The molecule has 1 saturated heterocycles. The van der Waals surface area contributed by atoms with E-state index in [2.05, 4.69) is 77.8 Å². The van der Waals surface area contributed by atoms with Crippen LogP contribution in [-0.2, 0) is 13.6 Å². The summed E-state index contributed by atoms with van der Waals surface area (Å²) in [6.45, 7) is 16.4. The first kappa shape index (κ1) is 24.2. The SMILES string of the molecule is CCNC(=NCC(C)CN1CCN(CC)CC1)N(C)Cc1cccn1C.I. The van der Waals surface area contributed by atoms with Crippen molar-refractivity contribution in [3.63, 3.8) is 0 Å². The lowest BCUT2D eigenvalue weighted by atomic mass is 10.1. The predicted octanol–water partition coefficient (Wildman–Crippen LogP) is 2.31. The maximum atomic E-state index is 4.91. The molecule has 1 atom stereocenters. The van der Waals surface area contributed by atoms with Gasteiger partial charge in [0.2, 0.25) is 0 Å². The number of aryl methyl sites for hydroxylation is 1. The van der Waals surface area contributed by atoms with E-state index in [1.165, 1.54) is 38.4 Å². The molecule has 1 aliphatic heterocycles. The molecule has 1 fully saturated rings. The predicted molar refractivity (Wildman–Crippen MR) is 126 cm³/mol. The van der Waals surface area contributed by atoms with Gasteiger partial charge in [0.25, 0.3) is 0 Å². The molecule has 0 aromatic carbocycles. The lowest BCUT2D eigenvalue weighted by Gasteiger charge is -2.35. The van der Waals surface area contributed by atoms with Gasteiger partial charge in [-0.3, -0.25) is 4.99 Å². The van der Waals surface area contributed by atoms with E-state index in [0.29, 0.717) is 5.92 Å². The molecule has 156 valence electrons. The van der Waals surface area contributed by atoms with Crippen LogP contribution in [0.2, 0.25) is 0 Å². The maximum absolute atomic E-state index is 4.91. The molecule has 7 heteroatoms. The molecule has 1 aromatic heterocycles. The number of rotatable bonds is 8. The highest BCUT2D eigenvalue weighted by Gasteiger charge is 2.17. The highest BCUT2D eigenvalue weighted by molar-refractivity contribution is 14.0. The van der Waals surface area contributed by atoms with Crippen LogP contribution in [-0.4, -0.2) is 84.6 Å². The van der Waals surface area contributed by atoms with E-state index in [1.807, 2.05) is 0 Å². The van der Waals surface area contributed by atoms with Crippen molar-refractivity contribution in [2.45, 2.75) is 27.3 Å². The molecule has 27 heavy (non-hydrogen) atoms. The van der Waals surface area contributed by atoms with Gasteiger partial charge in [-0.1, -0.05) is 13.8 Å². The number of guanidine groups is 1. The number of aliphatic imine (C=N–C) groups is 1. The summed E-state index contributed by atoms with van der Waals surface area (Å²) < 4.78 is 2.17. The summed E-state index contributed by atoms with van der Waals surface area (Å²) in [5, 5.41) is 3.43. The van der Waals surface area contributed by atoms with Crippen molar-refractivity contribution in [1.29, 1.82) is 0 Å². The number of aromatic nitrogens is 1. The van der Waals surface area contributed by atoms with Gasteiger partial charge in [0.05, 0.1) is 6.54 Å². The van der Waals surface area contributed by atoms with Crippen LogP contribution in [0.25, 0.3) is 0 Å². The molecule has 2 heterocycles. The summed E-state index contributed by atoms with van der Waals surface area (Å²) in [5.74, 6) is 1.57. The number of nitrogens with zero attached hydrogens (tertiary/aromatic N) is 5. The van der Waals surface area contributed by atoms with Crippen LogP contribution in [0.15, 0.2) is 23.3 Å². The van der Waals surface area contributed by atoms with Crippen LogP contribution in [0.1, 0.15) is 26.5 Å². The van der Waals surface area contributed by atoms with Crippen LogP contribution >= 0.6 is 24.0 Å². The highest BCUT2D eigenvalue weighted by Crippen LogP contribution is 2.07. The fourth-order valence-electron chi connectivity index (χ4n) is 3.48. The third-order valence-corrected chi connectivity index (χ3v) is 5.18. The highest BCUT2D eigenvalue weighted by atomic mass is 127. The largest absolute Gasteiger partial charge is 0.357 e. The Kier molecular flexibility index (Phi) is 11.3. The van der Waals surface area contributed by atoms with Crippen molar-refractivity contribution in [3.05, 3.63) is 24.0 Å². The first-order chi connectivity index (χ1) is 12.5. The first-order valence-electron chi connectivity index (χ1n) is 10.1. The van der Waals surface area contributed by atoms with Crippen LogP contribution in [0.3, 0.4) is 0 Å². The average Bonchev–Trinajstić information content (AvgIpc) is 3.04. The third kappa shape index (κ3) is 7.99. The Hall–Kier alpha value is -0.800. The Balaban J connectivity index is 0.00000364. The van der Waals surface area contributed by atoms with Gasteiger partial charge < -0.3 is 24.6 Å². The van der Waals surface area contributed by atoms with Gasteiger partial charge in [0, 0.05) is 71.8 Å². The number of piperazine rings is 1. The Morgan fingerprint density at radius 2 is 1.89 bits per heavy atom. The molecule has 0 amide bonds. The zero-order valence-electron chi connectivity index (χ0n) is 17.8. The zero-order valence-corrected chi connectivity index (χ0v) is 20.1. The van der Waals surface area contributed by atoms with E-state index >= 15 is 0 Å². The lowest BCUT2D eigenvalue weighted by Crippen LogP contribution is -2.47. The summed E-state index contributed by atoms with van der Waals surface area (Å²) in [6.07, 6.45) is 2.09. The Morgan fingerprint density at radius 1 is 1.22 bits per heavy atom. The third-order valence-electron chi connectivity index (χ3n) is 5.18. The van der Waals surface area contributed by atoms with Crippen LogP contribution in [0.5, 0.6) is 0 Å². The van der Waals surface area contributed by atoms with Gasteiger partial charge >= 0.3 is 0 Å². The van der Waals surface area contributed by atoms with Gasteiger partial charge in [0.1, 0.15) is 0 Å². The van der Waals surface area contributed by atoms with Gasteiger partial charge in [-0.05, 0) is 31.5 Å². The van der Waals surface area contributed by atoms with Crippen molar-refractivity contribution in [2.75, 3.05) is 59.4 Å². The minimum atomic E-state index is 0. The second kappa shape index (κ2) is 12.6. The molecule has 1 N–H and O–H groups in total. The number of likely N-dealkylation sites (N-methyl/N-ethyl adjacent to an activating group) is 1. The van der Waals surface area contributed by atoms with Crippen molar-refractivity contribution in [1.82, 2.24) is 24.6 Å². The summed E-state index contributed by atoms with van der Waals surface area (Å²) in [7, 11) is 4.21. The fraction of sp³-hybridized carbons (Fsp3) is 0.750. The topological polar surface area (TPSA) is 39.0 Å². The van der Waals surface area contributed by atoms with Gasteiger partial charge in [0.15, 0.2) is 5.96 Å². The van der Waals surface area contributed by atoms with Crippen molar-refractivity contribution < 1.29 is 0 Å². The Morgan fingerprint density at radius 3 is 2.44 bits per heavy atom. The molecular weight excluding hydrogens is 451 g/mol. The fourth-order valence-corrected chi connectivity index (χ4v) is 3.48. The molecule has 1 aliphatic rings. The standard InChI is InChI=1S/C20H38N6.HI/c1-6-21-20(24(5)17-19-9-8-10-23(19)4)22-15-18(3)16-26-13-11-25(7-2)12-14-26;/h8-10,18H,6-7,11-17H2,1-5H3,(H,21,22);1H. The minimum absolute atomic E-state index is 0. The van der Waals surface area contributed by atoms with E-state index in [4.69, 9.17) is 4.99 Å². The molecule has 0 aliphatic carbocycles. The number of hydrogen-bond acceptors (Lipinski definition) is 3. The van der Waals surface area contributed by atoms with E-state index < -0.39 is 0 Å². The molecule has 0 radical (unpaired) electrons. The van der Waals surface area contributed by atoms with E-state index in [1.54, 1.807) is 0 Å². The van der Waals surface area contributed by atoms with Gasteiger partial charge in [-0.15, -0.1) is 24.0 Å². The van der Waals surface area contributed by atoms with Gasteiger partial charge in [-0.25, -0.2) is 0 Å². The average molecular weight is 490 g/mol. The molecule has 1 aromatic rings. The number of halogens is 1. The molecule has 0 spiro atoms.